The summed E-state index contributed by atoms with van der Waals surface area (Å²) in [6, 6.07) is 8.23. The number of aromatic hydroxyl groups is 1. The van der Waals surface area contributed by atoms with Crippen molar-refractivity contribution in [2.45, 2.75) is 31.7 Å². The summed E-state index contributed by atoms with van der Waals surface area (Å²) in [5, 5.41) is 11.1. The lowest BCUT2D eigenvalue weighted by molar-refractivity contribution is -0.124. The number of furan rings is 1. The fraction of sp³-hybridized carbons (Fsp3) is 0.320. The number of fused-ring (bicyclic) bond motifs is 3. The van der Waals surface area contributed by atoms with Crippen molar-refractivity contribution in [1.29, 1.82) is 0 Å². The molecule has 6 rings (SSSR count). The Kier molecular flexibility index (Phi) is 5.07. The first-order valence-electron chi connectivity index (χ1n) is 11.1. The summed E-state index contributed by atoms with van der Waals surface area (Å²) < 4.78 is 16.9. The van der Waals surface area contributed by atoms with E-state index in [1.165, 1.54) is 37.8 Å². The van der Waals surface area contributed by atoms with Crippen molar-refractivity contribution < 1.29 is 23.5 Å². The summed E-state index contributed by atoms with van der Waals surface area (Å²) in [6.07, 6.45) is 6.27. The molecular formula is C25H21NO6S2. The minimum Gasteiger partial charge on any atom is -0.506 e. The van der Waals surface area contributed by atoms with Gasteiger partial charge >= 0.3 is 5.63 Å². The maximum Gasteiger partial charge on any atom is 0.351 e. The number of methoxy groups -OCH3 is 1. The molecule has 34 heavy (non-hydrogen) atoms. The number of hydrogen-bond acceptors (Lipinski definition) is 8. The van der Waals surface area contributed by atoms with Gasteiger partial charge in [-0.25, -0.2) is 4.79 Å². The quantitative estimate of drug-likeness (QED) is 0.302. The third kappa shape index (κ3) is 3.37. The molecule has 3 atom stereocenters. The van der Waals surface area contributed by atoms with Gasteiger partial charge in [-0.3, -0.25) is 9.69 Å². The third-order valence-corrected chi connectivity index (χ3v) is 8.42. The van der Waals surface area contributed by atoms with E-state index < -0.39 is 5.63 Å². The van der Waals surface area contributed by atoms with Crippen LogP contribution in [0.25, 0.3) is 28.4 Å². The van der Waals surface area contributed by atoms with Crippen LogP contribution < -0.4 is 10.4 Å². The lowest BCUT2D eigenvalue weighted by atomic mass is 9.94. The average Bonchev–Trinajstić information content (AvgIpc) is 3.60. The number of rotatable bonds is 4. The van der Waals surface area contributed by atoms with E-state index in [0.29, 0.717) is 38.0 Å². The van der Waals surface area contributed by atoms with Crippen molar-refractivity contribution in [3.8, 4) is 22.8 Å². The molecule has 1 amide bonds. The Morgan fingerprint density at radius 3 is 2.76 bits per heavy atom. The number of thioether (sulfide) groups is 1. The van der Waals surface area contributed by atoms with Crippen molar-refractivity contribution in [2.24, 2.45) is 11.8 Å². The third-order valence-electron chi connectivity index (χ3n) is 7.09. The minimum absolute atomic E-state index is 0.0770. The molecule has 1 N–H and O–H groups in total. The van der Waals surface area contributed by atoms with Crippen LogP contribution in [0.5, 0.6) is 11.5 Å². The number of thiocarbonyl (C=S) groups is 1. The monoisotopic (exact) mass is 495 g/mol. The molecule has 3 fully saturated rings. The predicted molar refractivity (Wildman–Crippen MR) is 133 cm³/mol. The van der Waals surface area contributed by atoms with Gasteiger partial charge in [-0.05, 0) is 55.4 Å². The van der Waals surface area contributed by atoms with E-state index in [9.17, 15) is 14.7 Å². The number of nitrogens with zero attached hydrogens (tertiary/aromatic N) is 1. The van der Waals surface area contributed by atoms with Crippen molar-refractivity contribution in [2.75, 3.05) is 7.11 Å². The van der Waals surface area contributed by atoms with Gasteiger partial charge in [-0.15, -0.1) is 0 Å². The molecule has 3 unspecified atom stereocenters. The number of amides is 1. The Balaban J connectivity index is 1.31. The van der Waals surface area contributed by atoms with Crippen molar-refractivity contribution in [3.63, 3.8) is 0 Å². The standard InChI is InChI=1S/C25H21NO6S2/c1-30-14-4-6-16-19(10-14)32-24(29)21(22(16)27)18-7-5-15(31-18)11-20-23(28)26(25(33)34-20)17-9-12-2-3-13(17)8-12/h4-7,10-13,17,27H,2-3,8-9H2,1H3/b20-11+. The summed E-state index contributed by atoms with van der Waals surface area (Å²) in [6.45, 7) is 0. The van der Waals surface area contributed by atoms with Gasteiger partial charge in [-0.1, -0.05) is 30.4 Å². The van der Waals surface area contributed by atoms with Gasteiger partial charge in [0.15, 0.2) is 0 Å². The van der Waals surface area contributed by atoms with Gasteiger partial charge in [-0.2, -0.15) is 0 Å². The Bertz CT molecular complexity index is 1440. The normalized spacial score (nSPS) is 25.3. The van der Waals surface area contributed by atoms with Gasteiger partial charge in [0.25, 0.3) is 5.91 Å². The lowest BCUT2D eigenvalue weighted by Crippen LogP contribution is -2.41. The number of ether oxygens (including phenoxy) is 1. The SMILES string of the molecule is COc1ccc2c(O)c(-c3ccc(/C=C4/SC(=S)N(C5CC6CCC5C6)C4=O)o3)c(=O)oc2c1. The highest BCUT2D eigenvalue weighted by Gasteiger charge is 2.48. The van der Waals surface area contributed by atoms with Crippen LogP contribution in [0.2, 0.25) is 0 Å². The van der Waals surface area contributed by atoms with Crippen molar-refractivity contribution in [1.82, 2.24) is 4.90 Å². The fourth-order valence-corrected chi connectivity index (χ4v) is 6.85. The first kappa shape index (κ1) is 21.5. The zero-order valence-corrected chi connectivity index (χ0v) is 19.9. The second-order valence-electron chi connectivity index (χ2n) is 8.97. The molecule has 2 bridgehead atoms. The topological polar surface area (TPSA) is 93.1 Å². The highest BCUT2D eigenvalue weighted by Crippen LogP contribution is 2.49. The summed E-state index contributed by atoms with van der Waals surface area (Å²) in [7, 11) is 1.50. The van der Waals surface area contributed by atoms with Crippen LogP contribution in [-0.2, 0) is 4.79 Å². The van der Waals surface area contributed by atoms with Crippen LogP contribution in [0.3, 0.4) is 0 Å². The Hall–Kier alpha value is -3.04. The van der Waals surface area contributed by atoms with Crippen LogP contribution in [0.4, 0.5) is 0 Å². The summed E-state index contributed by atoms with van der Waals surface area (Å²) in [4.78, 5) is 28.1. The maximum absolute atomic E-state index is 13.2. The summed E-state index contributed by atoms with van der Waals surface area (Å²) in [5.41, 5.74) is -0.602. The molecule has 0 spiro atoms. The average molecular weight is 496 g/mol. The first-order chi connectivity index (χ1) is 16.4. The van der Waals surface area contributed by atoms with E-state index in [2.05, 4.69) is 0 Å². The molecule has 2 saturated carbocycles. The summed E-state index contributed by atoms with van der Waals surface area (Å²) in [5.74, 6) is 1.96. The van der Waals surface area contributed by atoms with E-state index in [0.717, 1.165) is 12.8 Å². The van der Waals surface area contributed by atoms with E-state index >= 15 is 0 Å². The van der Waals surface area contributed by atoms with Crippen LogP contribution in [-0.4, -0.2) is 33.4 Å². The van der Waals surface area contributed by atoms with Gasteiger partial charge < -0.3 is 18.7 Å². The van der Waals surface area contributed by atoms with Crippen molar-refractivity contribution in [3.05, 3.63) is 51.4 Å². The van der Waals surface area contributed by atoms with E-state index in [1.54, 1.807) is 35.2 Å². The molecule has 3 aliphatic rings. The molecule has 1 aromatic carbocycles. The maximum atomic E-state index is 13.2. The Morgan fingerprint density at radius 2 is 2.03 bits per heavy atom. The lowest BCUT2D eigenvalue weighted by Gasteiger charge is -2.30. The van der Waals surface area contributed by atoms with Crippen molar-refractivity contribution >= 4 is 51.3 Å². The largest absolute Gasteiger partial charge is 0.506 e. The highest BCUT2D eigenvalue weighted by atomic mass is 32.2. The number of benzene rings is 1. The number of carbonyl (C=O) groups excluding carboxylic acids is 1. The molecule has 174 valence electrons. The highest BCUT2D eigenvalue weighted by molar-refractivity contribution is 8.26. The fourth-order valence-electron chi connectivity index (χ4n) is 5.50. The molecule has 7 nitrogen and oxygen atoms in total. The van der Waals surface area contributed by atoms with E-state index in [4.69, 9.17) is 25.8 Å². The molecule has 9 heteroatoms. The van der Waals surface area contributed by atoms with Gasteiger partial charge in [0.1, 0.15) is 38.5 Å². The predicted octanol–water partition coefficient (Wildman–Crippen LogP) is 5.16. The molecule has 0 radical (unpaired) electrons. The van der Waals surface area contributed by atoms with Crippen LogP contribution in [0.1, 0.15) is 31.4 Å². The second-order valence-corrected chi connectivity index (χ2v) is 10.6. The minimum atomic E-state index is -0.734. The molecule has 2 aromatic heterocycles. The smallest absolute Gasteiger partial charge is 0.351 e. The van der Waals surface area contributed by atoms with Crippen LogP contribution >= 0.6 is 24.0 Å². The molecule has 3 aromatic rings. The molecule has 3 heterocycles. The molecular weight excluding hydrogens is 474 g/mol. The molecule has 1 aliphatic heterocycles. The first-order valence-corrected chi connectivity index (χ1v) is 12.4. The van der Waals surface area contributed by atoms with Gasteiger partial charge in [0.05, 0.1) is 17.4 Å². The van der Waals surface area contributed by atoms with Crippen LogP contribution in [0.15, 0.2) is 48.9 Å². The second kappa shape index (κ2) is 8.02. The van der Waals surface area contributed by atoms with Gasteiger partial charge in [0.2, 0.25) is 0 Å². The number of carbonyl (C=O) groups is 1. The summed E-state index contributed by atoms with van der Waals surface area (Å²) >= 11 is 6.82. The van der Waals surface area contributed by atoms with Gasteiger partial charge in [0, 0.05) is 18.2 Å². The molecule has 1 saturated heterocycles. The van der Waals surface area contributed by atoms with E-state index in [1.807, 2.05) is 0 Å². The zero-order chi connectivity index (χ0) is 23.6. The number of hydrogen-bond donors (Lipinski definition) is 1. The van der Waals surface area contributed by atoms with E-state index in [-0.39, 0.29) is 34.6 Å². The zero-order valence-electron chi connectivity index (χ0n) is 18.3. The Labute approximate surface area is 204 Å². The Morgan fingerprint density at radius 1 is 1.18 bits per heavy atom. The molecule has 2 aliphatic carbocycles. The van der Waals surface area contributed by atoms with Crippen LogP contribution in [0, 0.1) is 11.8 Å².